The second-order valence-electron chi connectivity index (χ2n) is 13.6. The van der Waals surface area contributed by atoms with Gasteiger partial charge in [0.2, 0.25) is 11.8 Å². The highest BCUT2D eigenvalue weighted by atomic mass is 16.2. The van der Waals surface area contributed by atoms with Crippen LogP contribution in [0.4, 0.5) is 0 Å². The Bertz CT molecular complexity index is 1860. The van der Waals surface area contributed by atoms with E-state index in [0.717, 1.165) is 47.0 Å². The zero-order valence-corrected chi connectivity index (χ0v) is 26.7. The molecule has 0 radical (unpaired) electrons. The van der Waals surface area contributed by atoms with Crippen LogP contribution in [0.15, 0.2) is 42.7 Å². The lowest BCUT2D eigenvalue weighted by molar-refractivity contribution is -0.140. The second-order valence-corrected chi connectivity index (χ2v) is 13.6. The molecule has 7 rings (SSSR count). The van der Waals surface area contributed by atoms with Crippen LogP contribution in [-0.4, -0.2) is 54.3 Å². The summed E-state index contributed by atoms with van der Waals surface area (Å²) >= 11 is 0. The van der Waals surface area contributed by atoms with E-state index in [1.807, 2.05) is 32.9 Å². The molecule has 232 valence electrons. The topological polar surface area (TPSA) is 110 Å². The first kappa shape index (κ1) is 29.3. The fraction of sp³-hybridized carbons (Fsp3) is 0.444. The average Bonchev–Trinajstić information content (AvgIpc) is 3.37. The first-order valence-electron chi connectivity index (χ1n) is 16.1. The predicted octanol–water partition coefficient (Wildman–Crippen LogP) is 5.45. The summed E-state index contributed by atoms with van der Waals surface area (Å²) in [5, 5.41) is 8.56. The van der Waals surface area contributed by atoms with Gasteiger partial charge in [0.15, 0.2) is 5.78 Å². The number of nitrogens with zero attached hydrogens (tertiary/aromatic N) is 5. The van der Waals surface area contributed by atoms with Gasteiger partial charge >= 0.3 is 0 Å². The van der Waals surface area contributed by atoms with Crippen LogP contribution < -0.4 is 5.32 Å². The van der Waals surface area contributed by atoms with Crippen molar-refractivity contribution in [3.05, 3.63) is 76.5 Å². The van der Waals surface area contributed by atoms with Gasteiger partial charge in [-0.15, -0.1) is 0 Å². The van der Waals surface area contributed by atoms with Crippen molar-refractivity contribution in [3.63, 3.8) is 0 Å². The van der Waals surface area contributed by atoms with Crippen LogP contribution in [0.2, 0.25) is 0 Å². The number of carbonyl (C=O) groups excluding carboxylic acids is 3. The van der Waals surface area contributed by atoms with Crippen molar-refractivity contribution in [2.45, 2.75) is 97.8 Å². The number of amides is 2. The highest BCUT2D eigenvalue weighted by Crippen LogP contribution is 2.59. The fourth-order valence-electron chi connectivity index (χ4n) is 7.60. The van der Waals surface area contributed by atoms with Crippen LogP contribution in [0.3, 0.4) is 0 Å². The second kappa shape index (κ2) is 10.9. The van der Waals surface area contributed by atoms with Crippen molar-refractivity contribution in [1.29, 1.82) is 0 Å². The predicted molar refractivity (Wildman–Crippen MR) is 172 cm³/mol. The first-order chi connectivity index (χ1) is 21.5. The third kappa shape index (κ3) is 5.22. The van der Waals surface area contributed by atoms with E-state index in [-0.39, 0.29) is 41.6 Å². The minimum absolute atomic E-state index is 0.0307. The van der Waals surface area contributed by atoms with Gasteiger partial charge in [0, 0.05) is 36.3 Å². The number of rotatable bonds is 7. The van der Waals surface area contributed by atoms with Crippen molar-refractivity contribution in [2.24, 2.45) is 5.41 Å². The van der Waals surface area contributed by atoms with Crippen LogP contribution in [0.1, 0.15) is 91.1 Å². The van der Waals surface area contributed by atoms with Crippen molar-refractivity contribution >= 4 is 28.5 Å². The molecule has 1 aliphatic heterocycles. The monoisotopic (exact) mass is 604 g/mol. The van der Waals surface area contributed by atoms with Gasteiger partial charge in [-0.3, -0.25) is 19.1 Å². The first-order valence-corrected chi connectivity index (χ1v) is 16.1. The molecule has 3 aliphatic rings. The highest BCUT2D eigenvalue weighted by molar-refractivity contribution is 6.07. The third-order valence-corrected chi connectivity index (χ3v) is 10.2. The Balaban J connectivity index is 1.14. The van der Waals surface area contributed by atoms with Crippen LogP contribution in [0.25, 0.3) is 22.0 Å². The molecule has 0 spiro atoms. The number of hydrogen-bond donors (Lipinski definition) is 1. The zero-order valence-electron chi connectivity index (χ0n) is 26.7. The number of hydrogen-bond acceptors (Lipinski definition) is 6. The number of nitrogens with one attached hydrogen (secondary N) is 1. The number of carbonyl (C=O) groups is 3. The maximum Gasteiger partial charge on any atom is 0.245 e. The molecule has 9 nitrogen and oxygen atoms in total. The third-order valence-electron chi connectivity index (χ3n) is 10.2. The largest absolute Gasteiger partial charge is 0.348 e. The molecule has 0 unspecified atom stereocenters. The van der Waals surface area contributed by atoms with Gasteiger partial charge in [-0.05, 0) is 105 Å². The lowest BCUT2D eigenvalue weighted by Gasteiger charge is -2.28. The number of Topliss-reactive ketones (excluding diaryl/α,β-unsaturated/α-hetero) is 1. The Morgan fingerprint density at radius 2 is 1.73 bits per heavy atom. The molecule has 45 heavy (non-hydrogen) atoms. The molecule has 1 N–H and O–H groups in total. The summed E-state index contributed by atoms with van der Waals surface area (Å²) in [6.45, 7) is 9.42. The number of fused-ring (bicyclic) bond motifs is 3. The van der Waals surface area contributed by atoms with Crippen molar-refractivity contribution < 1.29 is 14.4 Å². The molecule has 2 amide bonds. The molecule has 2 fully saturated rings. The number of ketones is 1. The van der Waals surface area contributed by atoms with E-state index in [2.05, 4.69) is 45.5 Å². The molecule has 3 heterocycles. The fourth-order valence-corrected chi connectivity index (χ4v) is 7.60. The lowest BCUT2D eigenvalue weighted by Crippen LogP contribution is -2.49. The number of benzene rings is 2. The van der Waals surface area contributed by atoms with Crippen molar-refractivity contribution in [2.75, 3.05) is 0 Å². The van der Waals surface area contributed by atoms with E-state index < -0.39 is 6.04 Å². The van der Waals surface area contributed by atoms with Crippen LogP contribution in [-0.2, 0) is 29.0 Å². The molecule has 4 atom stereocenters. The summed E-state index contributed by atoms with van der Waals surface area (Å²) in [7, 11) is 0. The van der Waals surface area contributed by atoms with Crippen molar-refractivity contribution in [1.82, 2.24) is 30.0 Å². The van der Waals surface area contributed by atoms with E-state index in [9.17, 15) is 14.4 Å². The van der Waals surface area contributed by atoms with Gasteiger partial charge in [-0.25, -0.2) is 9.97 Å². The summed E-state index contributed by atoms with van der Waals surface area (Å²) in [5.74, 6) is 0.240. The van der Waals surface area contributed by atoms with Gasteiger partial charge in [-0.2, -0.15) is 5.10 Å². The van der Waals surface area contributed by atoms with Gasteiger partial charge in [0.1, 0.15) is 24.1 Å². The minimum atomic E-state index is -0.537. The quantitative estimate of drug-likeness (QED) is 0.281. The van der Waals surface area contributed by atoms with Crippen LogP contribution in [0.5, 0.6) is 0 Å². The Kier molecular flexibility index (Phi) is 7.10. The summed E-state index contributed by atoms with van der Waals surface area (Å²) in [6, 6.07) is 9.84. The molecule has 1 saturated heterocycles. The number of aromatic nitrogens is 4. The Labute approximate surface area is 263 Å². The van der Waals surface area contributed by atoms with E-state index in [1.54, 1.807) is 22.0 Å². The summed E-state index contributed by atoms with van der Waals surface area (Å²) < 4.78 is 1.64. The summed E-state index contributed by atoms with van der Waals surface area (Å²) in [6.07, 6.45) is 9.72. The molecular weight excluding hydrogens is 564 g/mol. The molecule has 0 bridgehead atoms. The standard InChI is InChI=1S/C36H40N6O3/c1-20-12-27(28-17-37-23(4)38-18-28)14-29-33(22(3)43)40-41(34(20)29)19-32(44)42-30(15-36(5)16-31(36)42)35(45)39-21(2)25-11-10-24-8-6-7-9-26(24)13-25/h10-14,17-18,21,30-31H,6-9,15-16,19H2,1-5H3,(H,39,45)/t21-,30-,31+,36-/m0/s1. The van der Waals surface area contributed by atoms with Crippen LogP contribution >= 0.6 is 0 Å². The molecule has 1 saturated carbocycles. The average molecular weight is 605 g/mol. The molecule has 2 aromatic carbocycles. The highest BCUT2D eigenvalue weighted by Gasteiger charge is 2.64. The number of aryl methyl sites for hydroxylation is 4. The van der Waals surface area contributed by atoms with Crippen LogP contribution in [0, 0.1) is 19.3 Å². The number of piperidine rings is 1. The van der Waals surface area contributed by atoms with Gasteiger partial charge in [0.25, 0.3) is 0 Å². The zero-order chi connectivity index (χ0) is 31.6. The molecular formula is C36H40N6O3. The SMILES string of the molecule is CC(=O)c1nn(CC(=O)N2[C@H](C(=O)N[C@@H](C)c3ccc4c(c3)CCCC4)C[C@@]3(C)C[C@@H]23)c2c(C)cc(-c3cnc(C)nc3)cc12. The van der Waals surface area contributed by atoms with Gasteiger partial charge < -0.3 is 10.2 Å². The Morgan fingerprint density at radius 3 is 2.47 bits per heavy atom. The van der Waals surface area contributed by atoms with Crippen molar-refractivity contribution in [3.8, 4) is 11.1 Å². The van der Waals surface area contributed by atoms with Gasteiger partial charge in [0.05, 0.1) is 11.6 Å². The maximum atomic E-state index is 14.1. The summed E-state index contributed by atoms with van der Waals surface area (Å²) in [4.78, 5) is 51.0. The number of likely N-dealkylation sites (tertiary alicyclic amines) is 1. The van der Waals surface area contributed by atoms with E-state index in [4.69, 9.17) is 0 Å². The normalized spacial score (nSPS) is 22.6. The Morgan fingerprint density at radius 1 is 1.00 bits per heavy atom. The molecule has 4 aromatic rings. The molecule has 9 heteroatoms. The summed E-state index contributed by atoms with van der Waals surface area (Å²) in [5.41, 5.74) is 7.52. The maximum absolute atomic E-state index is 14.1. The molecule has 2 aromatic heterocycles. The lowest BCUT2D eigenvalue weighted by atomic mass is 9.89. The van der Waals surface area contributed by atoms with Gasteiger partial charge in [-0.1, -0.05) is 25.1 Å². The van der Waals surface area contributed by atoms with E-state index >= 15 is 0 Å². The molecule has 2 aliphatic carbocycles. The minimum Gasteiger partial charge on any atom is -0.348 e. The smallest absolute Gasteiger partial charge is 0.245 e. The van der Waals surface area contributed by atoms with E-state index in [0.29, 0.717) is 23.3 Å². The Hall–Kier alpha value is -4.40. The van der Waals surface area contributed by atoms with E-state index in [1.165, 1.54) is 30.9 Å².